The summed E-state index contributed by atoms with van der Waals surface area (Å²) in [5, 5.41) is 13.2. The molecule has 0 saturated carbocycles. The molecular formula is C12H27NO2. The number of nitrogens with one attached hydrogen (secondary N) is 1. The van der Waals surface area contributed by atoms with E-state index >= 15 is 0 Å². The van der Waals surface area contributed by atoms with Gasteiger partial charge >= 0.3 is 0 Å². The molecule has 0 heterocycles. The second-order valence-corrected chi connectivity index (χ2v) is 5.19. The summed E-state index contributed by atoms with van der Waals surface area (Å²) in [6.45, 7) is 12.3. The van der Waals surface area contributed by atoms with Gasteiger partial charge in [-0.05, 0) is 33.1 Å². The minimum absolute atomic E-state index is 0.281. The quantitative estimate of drug-likeness (QED) is 0.609. The molecule has 1 unspecified atom stereocenters. The van der Waals surface area contributed by atoms with Crippen molar-refractivity contribution in [3.63, 3.8) is 0 Å². The topological polar surface area (TPSA) is 41.5 Å². The fourth-order valence-electron chi connectivity index (χ4n) is 1.68. The predicted octanol–water partition coefficient (Wildman–Crippen LogP) is 1.80. The van der Waals surface area contributed by atoms with E-state index in [-0.39, 0.29) is 6.10 Å². The van der Waals surface area contributed by atoms with Gasteiger partial charge in [0.05, 0.1) is 18.3 Å². The number of hydrogen-bond acceptors (Lipinski definition) is 3. The Bertz CT molecular complexity index is 156. The third kappa shape index (κ3) is 10.2. The molecule has 92 valence electrons. The van der Waals surface area contributed by atoms with Crippen LogP contribution in [0, 0.1) is 5.92 Å². The Morgan fingerprint density at radius 1 is 1.27 bits per heavy atom. The first-order valence-corrected chi connectivity index (χ1v) is 5.88. The van der Waals surface area contributed by atoms with Crippen LogP contribution >= 0.6 is 0 Å². The molecule has 0 rings (SSSR count). The van der Waals surface area contributed by atoms with Crippen molar-refractivity contribution in [2.75, 3.05) is 19.7 Å². The normalized spacial score (nSPS) is 16.0. The van der Waals surface area contributed by atoms with Crippen molar-refractivity contribution in [1.29, 1.82) is 0 Å². The summed E-state index contributed by atoms with van der Waals surface area (Å²) >= 11 is 0. The van der Waals surface area contributed by atoms with Crippen LogP contribution in [0.25, 0.3) is 0 Å². The van der Waals surface area contributed by atoms with Gasteiger partial charge in [-0.25, -0.2) is 0 Å². The first-order valence-electron chi connectivity index (χ1n) is 5.88. The van der Waals surface area contributed by atoms with E-state index in [1.165, 1.54) is 0 Å². The highest BCUT2D eigenvalue weighted by Crippen LogP contribution is 2.14. The van der Waals surface area contributed by atoms with Crippen LogP contribution in [0.5, 0.6) is 0 Å². The third-order valence-corrected chi connectivity index (χ3v) is 2.08. The van der Waals surface area contributed by atoms with E-state index in [4.69, 9.17) is 4.74 Å². The van der Waals surface area contributed by atoms with Crippen molar-refractivity contribution >= 4 is 0 Å². The van der Waals surface area contributed by atoms with E-state index in [1.807, 2.05) is 20.8 Å². The molecule has 3 nitrogen and oxygen atoms in total. The summed E-state index contributed by atoms with van der Waals surface area (Å²) in [4.78, 5) is 0. The standard InChI is InChI=1S/C12H27NO2/c1-10(2)8-12(5,14)9-13-6-7-15-11(3)4/h10-11,13-14H,6-9H2,1-5H3. The highest BCUT2D eigenvalue weighted by atomic mass is 16.5. The third-order valence-electron chi connectivity index (χ3n) is 2.08. The summed E-state index contributed by atoms with van der Waals surface area (Å²) in [6, 6.07) is 0. The van der Waals surface area contributed by atoms with Crippen LogP contribution in [-0.2, 0) is 4.74 Å². The van der Waals surface area contributed by atoms with Crippen LogP contribution in [0.1, 0.15) is 41.0 Å². The molecule has 0 aromatic heterocycles. The van der Waals surface area contributed by atoms with Gasteiger partial charge in [0, 0.05) is 13.1 Å². The highest BCUT2D eigenvalue weighted by Gasteiger charge is 2.20. The fraction of sp³-hybridized carbons (Fsp3) is 1.00. The van der Waals surface area contributed by atoms with Gasteiger partial charge in [0.2, 0.25) is 0 Å². The van der Waals surface area contributed by atoms with E-state index in [1.54, 1.807) is 0 Å². The molecule has 0 radical (unpaired) electrons. The van der Waals surface area contributed by atoms with E-state index in [2.05, 4.69) is 19.2 Å². The van der Waals surface area contributed by atoms with Crippen molar-refractivity contribution in [1.82, 2.24) is 5.32 Å². The SMILES string of the molecule is CC(C)CC(C)(O)CNCCOC(C)C. The zero-order valence-corrected chi connectivity index (χ0v) is 10.8. The fourth-order valence-corrected chi connectivity index (χ4v) is 1.68. The van der Waals surface area contributed by atoms with Crippen molar-refractivity contribution in [2.24, 2.45) is 5.92 Å². The number of aliphatic hydroxyl groups is 1. The van der Waals surface area contributed by atoms with Crippen LogP contribution in [-0.4, -0.2) is 36.5 Å². The Balaban J connectivity index is 3.48. The highest BCUT2D eigenvalue weighted by molar-refractivity contribution is 4.76. The molecule has 0 aliphatic carbocycles. The Morgan fingerprint density at radius 3 is 2.33 bits per heavy atom. The van der Waals surface area contributed by atoms with Gasteiger partial charge in [-0.1, -0.05) is 13.8 Å². The van der Waals surface area contributed by atoms with Gasteiger partial charge in [0.25, 0.3) is 0 Å². The van der Waals surface area contributed by atoms with Crippen molar-refractivity contribution < 1.29 is 9.84 Å². The van der Waals surface area contributed by atoms with Crippen LogP contribution in [0.2, 0.25) is 0 Å². The van der Waals surface area contributed by atoms with Crippen molar-refractivity contribution in [3.8, 4) is 0 Å². The number of ether oxygens (including phenoxy) is 1. The summed E-state index contributed by atoms with van der Waals surface area (Å²) in [7, 11) is 0. The van der Waals surface area contributed by atoms with E-state index in [9.17, 15) is 5.11 Å². The largest absolute Gasteiger partial charge is 0.389 e. The van der Waals surface area contributed by atoms with Gasteiger partial charge in [0.1, 0.15) is 0 Å². The van der Waals surface area contributed by atoms with Gasteiger partial charge in [0.15, 0.2) is 0 Å². The Labute approximate surface area is 94.2 Å². The van der Waals surface area contributed by atoms with E-state index in [0.29, 0.717) is 19.1 Å². The molecule has 0 aromatic rings. The molecule has 0 fully saturated rings. The molecule has 0 aliphatic heterocycles. The Morgan fingerprint density at radius 2 is 1.87 bits per heavy atom. The number of rotatable bonds is 8. The lowest BCUT2D eigenvalue weighted by Gasteiger charge is -2.25. The monoisotopic (exact) mass is 217 g/mol. The second-order valence-electron chi connectivity index (χ2n) is 5.19. The lowest BCUT2D eigenvalue weighted by Crippen LogP contribution is -2.40. The number of hydrogen-bond donors (Lipinski definition) is 2. The molecule has 0 bridgehead atoms. The van der Waals surface area contributed by atoms with Crippen LogP contribution in [0.3, 0.4) is 0 Å². The molecule has 0 amide bonds. The molecule has 0 aliphatic rings. The van der Waals surface area contributed by atoms with E-state index < -0.39 is 5.60 Å². The summed E-state index contributed by atoms with van der Waals surface area (Å²) in [5.41, 5.74) is -0.605. The maximum absolute atomic E-state index is 9.99. The van der Waals surface area contributed by atoms with E-state index in [0.717, 1.165) is 13.0 Å². The first-order chi connectivity index (χ1) is 6.83. The van der Waals surface area contributed by atoms with Gasteiger partial charge < -0.3 is 15.2 Å². The van der Waals surface area contributed by atoms with Crippen molar-refractivity contribution in [3.05, 3.63) is 0 Å². The smallest absolute Gasteiger partial charge is 0.0746 e. The van der Waals surface area contributed by atoms with Crippen LogP contribution < -0.4 is 5.32 Å². The molecule has 0 saturated heterocycles. The van der Waals surface area contributed by atoms with Gasteiger partial charge in [-0.15, -0.1) is 0 Å². The lowest BCUT2D eigenvalue weighted by molar-refractivity contribution is 0.0332. The second kappa shape index (κ2) is 7.20. The maximum atomic E-state index is 9.99. The van der Waals surface area contributed by atoms with Crippen LogP contribution in [0.4, 0.5) is 0 Å². The summed E-state index contributed by atoms with van der Waals surface area (Å²) in [6.07, 6.45) is 1.10. The Hall–Kier alpha value is -0.120. The minimum atomic E-state index is -0.605. The molecular weight excluding hydrogens is 190 g/mol. The molecule has 15 heavy (non-hydrogen) atoms. The Kier molecular flexibility index (Phi) is 7.14. The lowest BCUT2D eigenvalue weighted by atomic mass is 9.94. The van der Waals surface area contributed by atoms with Crippen molar-refractivity contribution in [2.45, 2.75) is 52.7 Å². The molecule has 0 aromatic carbocycles. The summed E-state index contributed by atoms with van der Waals surface area (Å²) < 4.78 is 5.39. The molecule has 0 spiro atoms. The molecule has 3 heteroatoms. The predicted molar refractivity (Wildman–Crippen MR) is 64.0 cm³/mol. The maximum Gasteiger partial charge on any atom is 0.0746 e. The summed E-state index contributed by atoms with van der Waals surface area (Å²) in [5.74, 6) is 0.522. The zero-order valence-electron chi connectivity index (χ0n) is 10.8. The first kappa shape index (κ1) is 14.9. The minimum Gasteiger partial charge on any atom is -0.389 e. The zero-order chi connectivity index (χ0) is 11.9. The average molecular weight is 217 g/mol. The van der Waals surface area contributed by atoms with Gasteiger partial charge in [-0.3, -0.25) is 0 Å². The van der Waals surface area contributed by atoms with Gasteiger partial charge in [-0.2, -0.15) is 0 Å². The molecule has 1 atom stereocenters. The average Bonchev–Trinajstić information content (AvgIpc) is 1.99. The molecule has 2 N–H and O–H groups in total. The van der Waals surface area contributed by atoms with Crippen LogP contribution in [0.15, 0.2) is 0 Å².